The summed E-state index contributed by atoms with van der Waals surface area (Å²) in [6, 6.07) is 0. The van der Waals surface area contributed by atoms with Gasteiger partial charge in [-0.3, -0.25) is 0 Å². The van der Waals surface area contributed by atoms with Crippen molar-refractivity contribution >= 4 is 31.4 Å². The van der Waals surface area contributed by atoms with Gasteiger partial charge in [-0.25, -0.2) is 0 Å². The first-order valence-corrected chi connectivity index (χ1v) is 6.95. The Morgan fingerprint density at radius 1 is 1.33 bits per heavy atom. The molecule has 0 aliphatic carbocycles. The van der Waals surface area contributed by atoms with Crippen molar-refractivity contribution in [2.45, 2.75) is 31.4 Å². The molecular weight excluding hydrogens is 168 g/mol. The van der Waals surface area contributed by atoms with Crippen LogP contribution in [-0.2, 0) is 0 Å². The van der Waals surface area contributed by atoms with Crippen LogP contribution in [0.1, 0.15) is 26.7 Å². The van der Waals surface area contributed by atoms with Crippen molar-refractivity contribution in [2.24, 2.45) is 0 Å². The first kappa shape index (κ1) is 8.15. The SMILES string of the molecule is CCC1(CC)CSSS1. The second-order valence-electron chi connectivity index (χ2n) is 2.30. The monoisotopic (exact) mass is 180 g/mol. The van der Waals surface area contributed by atoms with Crippen molar-refractivity contribution in [3.8, 4) is 0 Å². The predicted molar refractivity (Wildman–Crippen MR) is 51.0 cm³/mol. The Labute approximate surface area is 68.7 Å². The summed E-state index contributed by atoms with van der Waals surface area (Å²) in [5, 5.41) is 0. The molecule has 1 saturated heterocycles. The summed E-state index contributed by atoms with van der Waals surface area (Å²) in [5.41, 5.74) is 0. The van der Waals surface area contributed by atoms with Crippen LogP contribution in [0.3, 0.4) is 0 Å². The second-order valence-corrected chi connectivity index (χ2v) is 6.84. The summed E-state index contributed by atoms with van der Waals surface area (Å²) in [7, 11) is 6.04. The van der Waals surface area contributed by atoms with Crippen LogP contribution in [0.25, 0.3) is 0 Å². The minimum Gasteiger partial charge on any atom is -0.0811 e. The fourth-order valence-corrected chi connectivity index (χ4v) is 7.22. The van der Waals surface area contributed by atoms with Gasteiger partial charge in [0.2, 0.25) is 0 Å². The average Bonchev–Trinajstić information content (AvgIpc) is 2.36. The third-order valence-corrected chi connectivity index (χ3v) is 7.35. The molecular formula is C6H12S3. The molecule has 0 saturated carbocycles. The third-order valence-electron chi connectivity index (χ3n) is 1.87. The number of hydrogen-bond donors (Lipinski definition) is 0. The molecule has 54 valence electrons. The molecule has 9 heavy (non-hydrogen) atoms. The van der Waals surface area contributed by atoms with Gasteiger partial charge in [0.05, 0.1) is 0 Å². The highest BCUT2D eigenvalue weighted by molar-refractivity contribution is 9.11. The molecule has 0 bridgehead atoms. The average molecular weight is 180 g/mol. The Bertz CT molecular complexity index is 80.3. The van der Waals surface area contributed by atoms with Gasteiger partial charge < -0.3 is 0 Å². The van der Waals surface area contributed by atoms with E-state index in [4.69, 9.17) is 0 Å². The normalized spacial score (nSPS) is 24.7. The molecule has 1 fully saturated rings. The lowest BCUT2D eigenvalue weighted by Crippen LogP contribution is -2.21. The molecule has 1 heterocycles. The Kier molecular flexibility index (Phi) is 3.12. The summed E-state index contributed by atoms with van der Waals surface area (Å²) >= 11 is 0. The largest absolute Gasteiger partial charge is 0.0811 e. The summed E-state index contributed by atoms with van der Waals surface area (Å²) in [5.74, 6) is 1.34. The van der Waals surface area contributed by atoms with E-state index >= 15 is 0 Å². The lowest BCUT2D eigenvalue weighted by atomic mass is 10.1. The summed E-state index contributed by atoms with van der Waals surface area (Å²) in [6.07, 6.45) is 2.66. The highest BCUT2D eigenvalue weighted by atomic mass is 33.5. The van der Waals surface area contributed by atoms with Crippen LogP contribution in [0.15, 0.2) is 0 Å². The molecule has 0 atom stereocenters. The van der Waals surface area contributed by atoms with Gasteiger partial charge in [-0.1, -0.05) is 35.4 Å². The topological polar surface area (TPSA) is 0 Å². The molecule has 1 rings (SSSR count). The fraction of sp³-hybridized carbons (Fsp3) is 1.00. The van der Waals surface area contributed by atoms with Crippen LogP contribution in [0.2, 0.25) is 0 Å². The zero-order valence-electron chi connectivity index (χ0n) is 5.85. The van der Waals surface area contributed by atoms with E-state index in [1.54, 1.807) is 0 Å². The summed E-state index contributed by atoms with van der Waals surface area (Å²) in [6.45, 7) is 4.59. The molecule has 0 spiro atoms. The van der Waals surface area contributed by atoms with Crippen molar-refractivity contribution in [1.29, 1.82) is 0 Å². The van der Waals surface area contributed by atoms with E-state index in [2.05, 4.69) is 24.6 Å². The Morgan fingerprint density at radius 3 is 2.22 bits per heavy atom. The van der Waals surface area contributed by atoms with E-state index in [0.717, 1.165) is 0 Å². The molecule has 0 aromatic rings. The van der Waals surface area contributed by atoms with Crippen molar-refractivity contribution in [1.82, 2.24) is 0 Å². The maximum Gasteiger partial charge on any atom is 0.0365 e. The van der Waals surface area contributed by atoms with Crippen LogP contribution in [0.4, 0.5) is 0 Å². The number of hydrogen-bond acceptors (Lipinski definition) is 3. The molecule has 1 aliphatic heterocycles. The van der Waals surface area contributed by atoms with E-state index in [1.165, 1.54) is 18.6 Å². The van der Waals surface area contributed by atoms with Crippen molar-refractivity contribution in [3.05, 3.63) is 0 Å². The fourth-order valence-electron chi connectivity index (χ4n) is 0.824. The highest BCUT2D eigenvalue weighted by Crippen LogP contribution is 2.56. The Morgan fingerprint density at radius 2 is 2.00 bits per heavy atom. The molecule has 0 amide bonds. The van der Waals surface area contributed by atoms with Gasteiger partial charge in [0.15, 0.2) is 0 Å². The van der Waals surface area contributed by atoms with E-state index in [0.29, 0.717) is 4.75 Å². The van der Waals surface area contributed by atoms with Gasteiger partial charge in [-0.2, -0.15) is 0 Å². The molecule has 0 aromatic heterocycles. The quantitative estimate of drug-likeness (QED) is 0.596. The van der Waals surface area contributed by atoms with E-state index in [-0.39, 0.29) is 0 Å². The van der Waals surface area contributed by atoms with Gasteiger partial charge in [-0.15, -0.1) is 0 Å². The molecule has 3 heteroatoms. The van der Waals surface area contributed by atoms with Crippen LogP contribution in [0.5, 0.6) is 0 Å². The zero-order chi connectivity index (χ0) is 6.74. The van der Waals surface area contributed by atoms with Gasteiger partial charge in [0.1, 0.15) is 0 Å². The van der Waals surface area contributed by atoms with Crippen molar-refractivity contribution in [2.75, 3.05) is 5.75 Å². The van der Waals surface area contributed by atoms with Crippen LogP contribution in [-0.4, -0.2) is 10.5 Å². The minimum atomic E-state index is 0.620. The molecule has 0 radical (unpaired) electrons. The van der Waals surface area contributed by atoms with Crippen LogP contribution in [0, 0.1) is 0 Å². The Hall–Kier alpha value is 1.05. The number of rotatable bonds is 2. The molecule has 0 unspecified atom stereocenters. The summed E-state index contributed by atoms with van der Waals surface area (Å²) < 4.78 is 0.620. The van der Waals surface area contributed by atoms with E-state index < -0.39 is 0 Å². The van der Waals surface area contributed by atoms with E-state index in [1.807, 2.05) is 20.6 Å². The van der Waals surface area contributed by atoms with Crippen molar-refractivity contribution < 1.29 is 0 Å². The predicted octanol–water partition coefficient (Wildman–Crippen LogP) is 3.59. The molecule has 0 N–H and O–H groups in total. The molecule has 0 nitrogen and oxygen atoms in total. The van der Waals surface area contributed by atoms with Gasteiger partial charge in [0.25, 0.3) is 0 Å². The minimum absolute atomic E-state index is 0.620. The van der Waals surface area contributed by atoms with Crippen LogP contribution >= 0.6 is 31.4 Å². The maximum atomic E-state index is 2.29. The first-order chi connectivity index (χ1) is 4.33. The maximum absolute atomic E-state index is 2.29. The van der Waals surface area contributed by atoms with E-state index in [9.17, 15) is 0 Å². The summed E-state index contributed by atoms with van der Waals surface area (Å²) in [4.78, 5) is 0. The second kappa shape index (κ2) is 3.44. The zero-order valence-corrected chi connectivity index (χ0v) is 8.30. The highest BCUT2D eigenvalue weighted by Gasteiger charge is 2.32. The van der Waals surface area contributed by atoms with Gasteiger partial charge in [-0.05, 0) is 22.7 Å². The molecule has 1 aliphatic rings. The Balaban J connectivity index is 2.45. The van der Waals surface area contributed by atoms with Crippen molar-refractivity contribution in [3.63, 3.8) is 0 Å². The lowest BCUT2D eigenvalue weighted by molar-refractivity contribution is 0.615. The smallest absolute Gasteiger partial charge is 0.0365 e. The first-order valence-electron chi connectivity index (χ1n) is 3.30. The lowest BCUT2D eigenvalue weighted by Gasteiger charge is -2.21. The van der Waals surface area contributed by atoms with Crippen LogP contribution < -0.4 is 0 Å². The standard InChI is InChI=1S/C6H12S3/c1-3-6(4-2)5-7-9-8-6/h3-5H2,1-2H3. The van der Waals surface area contributed by atoms with Gasteiger partial charge >= 0.3 is 0 Å². The van der Waals surface area contributed by atoms with Gasteiger partial charge in [0, 0.05) is 10.5 Å². The molecule has 0 aromatic carbocycles. The third kappa shape index (κ3) is 1.75.